The zero-order valence-electron chi connectivity index (χ0n) is 19.5. The van der Waals surface area contributed by atoms with Gasteiger partial charge >= 0.3 is 6.36 Å². The van der Waals surface area contributed by atoms with Gasteiger partial charge in [-0.3, -0.25) is 0 Å². The van der Waals surface area contributed by atoms with Gasteiger partial charge in [-0.1, -0.05) is 30.3 Å². The van der Waals surface area contributed by atoms with Crippen molar-refractivity contribution >= 4 is 16.9 Å². The number of alkyl halides is 3. The summed E-state index contributed by atoms with van der Waals surface area (Å²) >= 11 is 0. The van der Waals surface area contributed by atoms with E-state index in [2.05, 4.69) is 30.1 Å². The predicted octanol–water partition coefficient (Wildman–Crippen LogP) is 5.89. The van der Waals surface area contributed by atoms with Crippen LogP contribution >= 0.6 is 0 Å². The third-order valence-corrected chi connectivity index (χ3v) is 5.48. The SMILES string of the molecule is Cc1cc(NCc2ccc(OC(F)(F)F)cc2)nc(-c2nn(Cc3ccccc3F)c3ncccc23)n1. The number of pyridine rings is 1. The molecule has 7 nitrogen and oxygen atoms in total. The van der Waals surface area contributed by atoms with Gasteiger partial charge in [-0.15, -0.1) is 13.2 Å². The molecule has 0 spiro atoms. The number of hydrogen-bond donors (Lipinski definition) is 1. The number of nitrogens with one attached hydrogen (secondary N) is 1. The van der Waals surface area contributed by atoms with Gasteiger partial charge in [-0.05, 0) is 42.8 Å². The summed E-state index contributed by atoms with van der Waals surface area (Å²) in [6, 6.07) is 17.4. The summed E-state index contributed by atoms with van der Waals surface area (Å²) in [4.78, 5) is 13.6. The Labute approximate surface area is 208 Å². The van der Waals surface area contributed by atoms with Crippen LogP contribution in [0.25, 0.3) is 22.6 Å². The number of aryl methyl sites for hydroxylation is 1. The lowest BCUT2D eigenvalue weighted by Gasteiger charge is -2.10. The average molecular weight is 508 g/mol. The molecule has 0 unspecified atom stereocenters. The van der Waals surface area contributed by atoms with Crippen molar-refractivity contribution in [1.29, 1.82) is 0 Å². The number of halogens is 4. The van der Waals surface area contributed by atoms with Crippen molar-refractivity contribution in [2.75, 3.05) is 5.32 Å². The molecule has 0 aliphatic heterocycles. The Morgan fingerprint density at radius 1 is 0.973 bits per heavy atom. The third-order valence-electron chi connectivity index (χ3n) is 5.48. The molecule has 0 fully saturated rings. The van der Waals surface area contributed by atoms with Crippen LogP contribution in [0.3, 0.4) is 0 Å². The van der Waals surface area contributed by atoms with E-state index in [9.17, 15) is 17.6 Å². The first kappa shape index (κ1) is 24.2. The summed E-state index contributed by atoms with van der Waals surface area (Å²) in [6.07, 6.45) is -3.10. The predicted molar refractivity (Wildman–Crippen MR) is 129 cm³/mol. The normalized spacial score (nSPS) is 11.6. The van der Waals surface area contributed by atoms with E-state index in [1.165, 1.54) is 30.3 Å². The van der Waals surface area contributed by atoms with Gasteiger partial charge in [0.15, 0.2) is 11.5 Å². The Hall–Kier alpha value is -4.54. The monoisotopic (exact) mass is 508 g/mol. The molecule has 188 valence electrons. The maximum absolute atomic E-state index is 14.3. The van der Waals surface area contributed by atoms with Crippen molar-refractivity contribution in [3.8, 4) is 17.3 Å². The average Bonchev–Trinajstić information content (AvgIpc) is 3.22. The lowest BCUT2D eigenvalue weighted by atomic mass is 10.2. The van der Waals surface area contributed by atoms with Crippen molar-refractivity contribution in [1.82, 2.24) is 24.7 Å². The van der Waals surface area contributed by atoms with Gasteiger partial charge < -0.3 is 10.1 Å². The minimum atomic E-state index is -4.74. The number of nitrogens with zero attached hydrogens (tertiary/aromatic N) is 5. The molecule has 0 radical (unpaired) electrons. The Bertz CT molecular complexity index is 1550. The first-order valence-corrected chi connectivity index (χ1v) is 11.2. The molecule has 0 saturated heterocycles. The molecule has 5 rings (SSSR count). The molecule has 37 heavy (non-hydrogen) atoms. The quantitative estimate of drug-likeness (QED) is 0.276. The molecular weight excluding hydrogens is 488 g/mol. The topological polar surface area (TPSA) is 77.8 Å². The number of aromatic nitrogens is 5. The number of hydrogen-bond acceptors (Lipinski definition) is 6. The lowest BCUT2D eigenvalue weighted by Crippen LogP contribution is -2.17. The molecule has 0 saturated carbocycles. The number of anilines is 1. The third kappa shape index (κ3) is 5.66. The molecule has 5 aromatic rings. The van der Waals surface area contributed by atoms with Gasteiger partial charge in [0, 0.05) is 30.1 Å². The number of ether oxygens (including phenoxy) is 1. The summed E-state index contributed by atoms with van der Waals surface area (Å²) < 4.78 is 56.9. The maximum atomic E-state index is 14.3. The van der Waals surface area contributed by atoms with Crippen molar-refractivity contribution in [2.24, 2.45) is 0 Å². The van der Waals surface area contributed by atoms with Crippen LogP contribution in [0, 0.1) is 12.7 Å². The van der Waals surface area contributed by atoms with E-state index in [1.807, 2.05) is 13.0 Å². The number of fused-ring (bicyclic) bond motifs is 1. The molecule has 3 aromatic heterocycles. The largest absolute Gasteiger partial charge is 0.573 e. The van der Waals surface area contributed by atoms with E-state index < -0.39 is 6.36 Å². The summed E-state index contributed by atoms with van der Waals surface area (Å²) in [7, 11) is 0. The highest BCUT2D eigenvalue weighted by Gasteiger charge is 2.31. The Morgan fingerprint density at radius 3 is 2.51 bits per heavy atom. The second-order valence-corrected chi connectivity index (χ2v) is 8.24. The second kappa shape index (κ2) is 9.84. The zero-order valence-corrected chi connectivity index (χ0v) is 19.5. The summed E-state index contributed by atoms with van der Waals surface area (Å²) in [6.45, 7) is 2.31. The molecule has 0 bridgehead atoms. The van der Waals surface area contributed by atoms with Crippen molar-refractivity contribution in [2.45, 2.75) is 26.4 Å². The van der Waals surface area contributed by atoms with Crippen LogP contribution in [0.2, 0.25) is 0 Å². The highest BCUT2D eigenvalue weighted by Crippen LogP contribution is 2.27. The number of benzene rings is 2. The summed E-state index contributed by atoms with van der Waals surface area (Å²) in [5.41, 5.74) is 2.96. The fourth-order valence-electron chi connectivity index (χ4n) is 3.84. The van der Waals surface area contributed by atoms with Crippen LogP contribution in [0.5, 0.6) is 5.75 Å². The van der Waals surface area contributed by atoms with Gasteiger partial charge in [0.1, 0.15) is 23.1 Å². The Balaban J connectivity index is 1.40. The molecule has 0 aliphatic carbocycles. The smallest absolute Gasteiger partial charge is 0.406 e. The van der Waals surface area contributed by atoms with Crippen LogP contribution in [-0.4, -0.2) is 31.1 Å². The molecule has 2 aromatic carbocycles. The van der Waals surface area contributed by atoms with E-state index in [0.717, 1.165) is 10.9 Å². The minimum Gasteiger partial charge on any atom is -0.406 e. The first-order valence-electron chi connectivity index (χ1n) is 11.2. The van der Waals surface area contributed by atoms with Crippen LogP contribution in [0.1, 0.15) is 16.8 Å². The molecule has 1 N–H and O–H groups in total. The standard InChI is InChI=1S/C26H20F4N6O/c1-16-13-22(32-14-17-8-10-19(11-9-17)37-26(28,29)30)34-24(33-16)23-20-6-4-12-31-25(20)36(35-23)15-18-5-2-3-7-21(18)27/h2-13H,14-15H2,1H3,(H,32,33,34). The van der Waals surface area contributed by atoms with Crippen molar-refractivity contribution in [3.05, 3.63) is 95.6 Å². The fraction of sp³-hybridized carbons (Fsp3) is 0.154. The lowest BCUT2D eigenvalue weighted by molar-refractivity contribution is -0.274. The highest BCUT2D eigenvalue weighted by atomic mass is 19.4. The minimum absolute atomic E-state index is 0.186. The van der Waals surface area contributed by atoms with Crippen LogP contribution in [0.4, 0.5) is 23.4 Å². The molecule has 0 amide bonds. The molecule has 3 heterocycles. The molecule has 0 aliphatic rings. The van der Waals surface area contributed by atoms with Crippen molar-refractivity contribution in [3.63, 3.8) is 0 Å². The van der Waals surface area contributed by atoms with E-state index in [0.29, 0.717) is 40.8 Å². The fourth-order valence-corrected chi connectivity index (χ4v) is 3.84. The van der Waals surface area contributed by atoms with Gasteiger partial charge in [-0.2, -0.15) is 5.10 Å². The summed E-state index contributed by atoms with van der Waals surface area (Å²) in [5, 5.41) is 8.55. The van der Waals surface area contributed by atoms with E-state index in [1.54, 1.807) is 41.2 Å². The first-order chi connectivity index (χ1) is 17.7. The highest BCUT2D eigenvalue weighted by molar-refractivity contribution is 5.89. The van der Waals surface area contributed by atoms with E-state index in [4.69, 9.17) is 0 Å². The molecular formula is C26H20F4N6O. The van der Waals surface area contributed by atoms with Gasteiger partial charge in [-0.25, -0.2) is 24.0 Å². The maximum Gasteiger partial charge on any atom is 0.573 e. The van der Waals surface area contributed by atoms with Gasteiger partial charge in [0.2, 0.25) is 0 Å². The summed E-state index contributed by atoms with van der Waals surface area (Å²) in [5.74, 6) is 0.253. The Kier molecular flexibility index (Phi) is 6.43. The van der Waals surface area contributed by atoms with Crippen LogP contribution in [0.15, 0.2) is 72.9 Å². The van der Waals surface area contributed by atoms with Crippen LogP contribution < -0.4 is 10.1 Å². The van der Waals surface area contributed by atoms with E-state index in [-0.39, 0.29) is 18.1 Å². The molecule has 0 atom stereocenters. The zero-order chi connectivity index (χ0) is 26.0. The molecule has 11 heteroatoms. The van der Waals surface area contributed by atoms with Gasteiger partial charge in [0.05, 0.1) is 11.9 Å². The second-order valence-electron chi connectivity index (χ2n) is 8.24. The van der Waals surface area contributed by atoms with Crippen LogP contribution in [-0.2, 0) is 13.1 Å². The van der Waals surface area contributed by atoms with Crippen molar-refractivity contribution < 1.29 is 22.3 Å². The van der Waals surface area contributed by atoms with Gasteiger partial charge in [0.25, 0.3) is 0 Å². The van der Waals surface area contributed by atoms with E-state index >= 15 is 0 Å². The number of rotatable bonds is 7. The Morgan fingerprint density at radius 2 is 1.76 bits per heavy atom.